The van der Waals surface area contributed by atoms with Crippen LogP contribution < -0.4 is 15.4 Å². The third-order valence-electron chi connectivity index (χ3n) is 7.41. The number of aryl methyl sites for hydroxylation is 1. The van der Waals surface area contributed by atoms with Gasteiger partial charge in [-0.3, -0.25) is 9.59 Å². The molecule has 0 bridgehead atoms. The van der Waals surface area contributed by atoms with E-state index in [1.54, 1.807) is 44.3 Å². The van der Waals surface area contributed by atoms with Crippen molar-refractivity contribution in [2.75, 3.05) is 39.0 Å². The minimum absolute atomic E-state index is 0.0140. The van der Waals surface area contributed by atoms with E-state index in [1.807, 2.05) is 0 Å². The van der Waals surface area contributed by atoms with Crippen molar-refractivity contribution in [3.8, 4) is 11.6 Å². The fourth-order valence-electron chi connectivity index (χ4n) is 5.01. The van der Waals surface area contributed by atoms with E-state index < -0.39 is 17.6 Å². The summed E-state index contributed by atoms with van der Waals surface area (Å²) in [6.07, 6.45) is -2.16. The molecule has 0 aliphatic carbocycles. The summed E-state index contributed by atoms with van der Waals surface area (Å²) in [5, 5.41) is 6.26. The molecule has 0 atom stereocenters. The van der Waals surface area contributed by atoms with E-state index in [0.717, 1.165) is 25.9 Å². The molecule has 1 fully saturated rings. The van der Waals surface area contributed by atoms with Crippen LogP contribution in [0.15, 0.2) is 42.6 Å². The van der Waals surface area contributed by atoms with Gasteiger partial charge in [0.1, 0.15) is 11.3 Å². The second kappa shape index (κ2) is 11.5. The number of nitrogens with zero attached hydrogens (tertiary/aromatic N) is 4. The number of amides is 1. The minimum atomic E-state index is -4.79. The van der Waals surface area contributed by atoms with E-state index in [4.69, 9.17) is 4.74 Å². The molecule has 216 valence electrons. The molecule has 9 nitrogen and oxygen atoms in total. The first-order chi connectivity index (χ1) is 19.5. The van der Waals surface area contributed by atoms with E-state index in [9.17, 15) is 22.8 Å². The van der Waals surface area contributed by atoms with Gasteiger partial charge in [-0.15, -0.1) is 0 Å². The highest BCUT2D eigenvalue weighted by Crippen LogP contribution is 2.39. The van der Waals surface area contributed by atoms with Gasteiger partial charge in [-0.1, -0.05) is 12.1 Å². The number of fused-ring (bicyclic) bond motifs is 1. The number of halogens is 3. The van der Waals surface area contributed by atoms with Gasteiger partial charge < -0.3 is 25.2 Å². The Hall–Kier alpha value is -4.03. The molecule has 0 unspecified atom stereocenters. The van der Waals surface area contributed by atoms with Crippen molar-refractivity contribution in [3.63, 3.8) is 0 Å². The number of rotatable bonds is 8. The first kappa shape index (κ1) is 28.5. The summed E-state index contributed by atoms with van der Waals surface area (Å²) in [6.45, 7) is 4.32. The van der Waals surface area contributed by atoms with Gasteiger partial charge in [0.15, 0.2) is 5.78 Å². The third kappa shape index (κ3) is 6.33. The van der Waals surface area contributed by atoms with E-state index >= 15 is 0 Å². The standard InChI is InChI=1S/C29H31F3N6O3/c1-17-13-18(23(39)15-33-20-9-11-37(2)12-10-20)7-8-22(17)35-28-34-14-21(29(30,31)32)26(36-28)41-24-6-4-5-19-16-38(3)27(40)25(19)24/h4-8,13-14,20,33H,9-12,15-16H2,1-3H3,(H,34,35,36). The molecule has 2 N–H and O–H groups in total. The van der Waals surface area contributed by atoms with E-state index in [-0.39, 0.29) is 35.5 Å². The minimum Gasteiger partial charge on any atom is -0.437 e. The Balaban J connectivity index is 1.33. The van der Waals surface area contributed by atoms with Crippen LogP contribution in [0.25, 0.3) is 0 Å². The molecular weight excluding hydrogens is 537 g/mol. The van der Waals surface area contributed by atoms with Gasteiger partial charge in [0.05, 0.1) is 12.1 Å². The highest BCUT2D eigenvalue weighted by Gasteiger charge is 2.37. The van der Waals surface area contributed by atoms with Gasteiger partial charge in [-0.25, -0.2) is 4.98 Å². The number of likely N-dealkylation sites (tertiary alicyclic amines) is 1. The largest absolute Gasteiger partial charge is 0.437 e. The van der Waals surface area contributed by atoms with Crippen LogP contribution in [0.4, 0.5) is 24.8 Å². The Morgan fingerprint density at radius 1 is 1.15 bits per heavy atom. The molecule has 3 aromatic rings. The number of carbonyl (C=O) groups excluding carboxylic acids is 2. The number of benzene rings is 2. The molecule has 0 radical (unpaired) electrons. The molecule has 1 amide bonds. The SMILES string of the molecule is Cc1cc(C(=O)CNC2CCN(C)CC2)ccc1Nc1ncc(C(F)(F)F)c(Oc2cccc3c2C(=O)N(C)C3)n1. The van der Waals surface area contributed by atoms with Crippen LogP contribution in [0, 0.1) is 6.92 Å². The average molecular weight is 569 g/mol. The monoisotopic (exact) mass is 568 g/mol. The number of piperidine rings is 1. The Morgan fingerprint density at radius 3 is 2.61 bits per heavy atom. The average Bonchev–Trinajstić information content (AvgIpc) is 3.22. The topological polar surface area (TPSA) is 99.7 Å². The van der Waals surface area contributed by atoms with Crippen molar-refractivity contribution in [3.05, 3.63) is 70.4 Å². The van der Waals surface area contributed by atoms with E-state index in [0.29, 0.717) is 41.2 Å². The van der Waals surface area contributed by atoms with Crippen molar-refractivity contribution in [1.29, 1.82) is 0 Å². The van der Waals surface area contributed by atoms with Crippen LogP contribution >= 0.6 is 0 Å². The van der Waals surface area contributed by atoms with Crippen molar-refractivity contribution < 1.29 is 27.5 Å². The second-order valence-corrected chi connectivity index (χ2v) is 10.5. The Morgan fingerprint density at radius 2 is 1.90 bits per heavy atom. The lowest BCUT2D eigenvalue weighted by Gasteiger charge is -2.29. The third-order valence-corrected chi connectivity index (χ3v) is 7.41. The zero-order valence-corrected chi connectivity index (χ0v) is 23.0. The molecule has 0 spiro atoms. The summed E-state index contributed by atoms with van der Waals surface area (Å²) in [5.74, 6) is -1.26. The van der Waals surface area contributed by atoms with Crippen molar-refractivity contribution >= 4 is 23.3 Å². The predicted molar refractivity (Wildman–Crippen MR) is 147 cm³/mol. The maximum Gasteiger partial charge on any atom is 0.423 e. The molecule has 3 heterocycles. The zero-order valence-electron chi connectivity index (χ0n) is 23.0. The number of hydrogen-bond donors (Lipinski definition) is 2. The van der Waals surface area contributed by atoms with E-state index in [1.165, 1.54) is 11.0 Å². The number of alkyl halides is 3. The molecule has 5 rings (SSSR count). The maximum atomic E-state index is 13.8. The number of Topliss-reactive ketones (excluding diaryl/α,β-unsaturated/α-hetero) is 1. The van der Waals surface area contributed by atoms with Gasteiger partial charge >= 0.3 is 6.18 Å². The lowest BCUT2D eigenvalue weighted by atomic mass is 10.0. The molecule has 0 saturated carbocycles. The summed E-state index contributed by atoms with van der Waals surface area (Å²) in [7, 11) is 3.69. The summed E-state index contributed by atoms with van der Waals surface area (Å²) in [5.41, 5.74) is 1.43. The number of ether oxygens (including phenoxy) is 1. The summed E-state index contributed by atoms with van der Waals surface area (Å²) < 4.78 is 47.1. The first-order valence-electron chi connectivity index (χ1n) is 13.3. The molecule has 2 aliphatic heterocycles. The Bertz CT molecular complexity index is 1470. The summed E-state index contributed by atoms with van der Waals surface area (Å²) in [4.78, 5) is 37.0. The van der Waals surface area contributed by atoms with Gasteiger partial charge in [0.25, 0.3) is 5.91 Å². The highest BCUT2D eigenvalue weighted by molar-refractivity contribution is 6.01. The molecule has 1 saturated heterocycles. The number of hydrogen-bond acceptors (Lipinski definition) is 8. The van der Waals surface area contributed by atoms with Gasteiger partial charge in [0, 0.05) is 37.1 Å². The van der Waals surface area contributed by atoms with Gasteiger partial charge in [-0.05, 0) is 75.3 Å². The molecule has 2 aromatic carbocycles. The maximum absolute atomic E-state index is 13.8. The van der Waals surface area contributed by atoms with Crippen LogP contribution in [0.2, 0.25) is 0 Å². The first-order valence-corrected chi connectivity index (χ1v) is 13.3. The summed E-state index contributed by atoms with van der Waals surface area (Å²) in [6, 6.07) is 10.1. The Kier molecular flexibility index (Phi) is 7.96. The fourth-order valence-corrected chi connectivity index (χ4v) is 5.01. The molecule has 41 heavy (non-hydrogen) atoms. The summed E-state index contributed by atoms with van der Waals surface area (Å²) >= 11 is 0. The van der Waals surface area contributed by atoms with Crippen LogP contribution in [0.3, 0.4) is 0 Å². The molecular formula is C29H31F3N6O3. The second-order valence-electron chi connectivity index (χ2n) is 10.5. The van der Waals surface area contributed by atoms with Gasteiger partial charge in [0.2, 0.25) is 11.8 Å². The zero-order chi connectivity index (χ0) is 29.3. The molecule has 12 heteroatoms. The number of anilines is 2. The van der Waals surface area contributed by atoms with Crippen molar-refractivity contribution in [1.82, 2.24) is 25.1 Å². The van der Waals surface area contributed by atoms with Gasteiger partial charge in [-0.2, -0.15) is 18.2 Å². The van der Waals surface area contributed by atoms with Crippen molar-refractivity contribution in [2.24, 2.45) is 0 Å². The van der Waals surface area contributed by atoms with E-state index in [2.05, 4.69) is 32.5 Å². The normalized spacial score (nSPS) is 16.1. The van der Waals surface area contributed by atoms with Crippen LogP contribution in [0.1, 0.15) is 50.2 Å². The lowest BCUT2D eigenvalue weighted by molar-refractivity contribution is -0.139. The molecule has 2 aliphatic rings. The predicted octanol–water partition coefficient (Wildman–Crippen LogP) is 4.79. The van der Waals surface area contributed by atoms with Crippen LogP contribution in [-0.2, 0) is 12.7 Å². The fraction of sp³-hybridized carbons (Fsp3) is 0.379. The number of aromatic nitrogens is 2. The van der Waals surface area contributed by atoms with Crippen molar-refractivity contribution in [2.45, 2.75) is 38.5 Å². The number of nitrogens with one attached hydrogen (secondary N) is 2. The molecule has 1 aromatic heterocycles. The number of carbonyl (C=O) groups is 2. The lowest BCUT2D eigenvalue weighted by Crippen LogP contribution is -2.42. The van der Waals surface area contributed by atoms with Crippen LogP contribution in [0.5, 0.6) is 11.6 Å². The van der Waals surface area contributed by atoms with Crippen LogP contribution in [-0.4, -0.2) is 71.2 Å². The highest BCUT2D eigenvalue weighted by atomic mass is 19.4. The smallest absolute Gasteiger partial charge is 0.423 e. The Labute approximate surface area is 235 Å². The quantitative estimate of drug-likeness (QED) is 0.374. The number of ketones is 1.